The SMILES string of the molecule is CC(C)NC(=O)C1(C(C)C)CCN(c2ccc(-c3cc(-c4cnn(C5CCN(C(=O)CN6CCC(c7ccc(NC8CCC(=O)NC8=O)cc7F)CC6)CC5)c4)cn4ncc(C#N)c34)cn2)CC1. The molecule has 1 aromatic carbocycles. The minimum absolute atomic E-state index is 0.0386. The molecule has 3 N–H and O–H groups in total. The zero-order valence-corrected chi connectivity index (χ0v) is 39.4. The highest BCUT2D eigenvalue weighted by Crippen LogP contribution is 2.41. The van der Waals surface area contributed by atoms with Crippen molar-refractivity contribution in [2.75, 3.05) is 56.0 Å². The van der Waals surface area contributed by atoms with Crippen molar-refractivity contribution in [3.05, 3.63) is 84.3 Å². The second kappa shape index (κ2) is 19.5. The molecule has 0 aliphatic carbocycles. The largest absolute Gasteiger partial charge is 0.374 e. The van der Waals surface area contributed by atoms with E-state index in [1.54, 1.807) is 22.8 Å². The van der Waals surface area contributed by atoms with Crippen LogP contribution in [0.25, 0.3) is 27.8 Å². The average molecular weight is 925 g/mol. The van der Waals surface area contributed by atoms with Crippen molar-refractivity contribution in [1.82, 2.24) is 44.8 Å². The van der Waals surface area contributed by atoms with E-state index in [9.17, 15) is 24.4 Å². The van der Waals surface area contributed by atoms with E-state index in [0.717, 1.165) is 79.7 Å². The lowest BCUT2D eigenvalue weighted by Crippen LogP contribution is -2.53. The van der Waals surface area contributed by atoms with Crippen molar-refractivity contribution in [2.24, 2.45) is 11.3 Å². The highest BCUT2D eigenvalue weighted by Gasteiger charge is 2.44. The van der Waals surface area contributed by atoms with Gasteiger partial charge in [0.05, 0.1) is 41.5 Å². The normalized spacial score (nSPS) is 19.6. The number of carbonyl (C=O) groups excluding carboxylic acids is 4. The number of hydrogen-bond donors (Lipinski definition) is 3. The summed E-state index contributed by atoms with van der Waals surface area (Å²) in [6.07, 6.45) is 14.4. The summed E-state index contributed by atoms with van der Waals surface area (Å²) in [5.41, 5.74) is 5.43. The van der Waals surface area contributed by atoms with Gasteiger partial charge >= 0.3 is 0 Å². The Labute approximate surface area is 396 Å². The number of piperidine rings is 4. The van der Waals surface area contributed by atoms with Crippen LogP contribution < -0.4 is 20.9 Å². The lowest BCUT2D eigenvalue weighted by atomic mass is 9.69. The molecule has 0 spiro atoms. The molecule has 17 heteroatoms. The van der Waals surface area contributed by atoms with E-state index in [0.29, 0.717) is 61.5 Å². The smallest absolute Gasteiger partial charge is 0.249 e. The number of pyridine rings is 2. The summed E-state index contributed by atoms with van der Waals surface area (Å²) in [7, 11) is 0. The molecule has 1 atom stereocenters. The van der Waals surface area contributed by atoms with E-state index in [1.807, 2.05) is 60.3 Å². The summed E-state index contributed by atoms with van der Waals surface area (Å²) < 4.78 is 19.1. The highest BCUT2D eigenvalue weighted by atomic mass is 19.1. The third-order valence-corrected chi connectivity index (χ3v) is 14.8. The number of imide groups is 1. The van der Waals surface area contributed by atoms with Crippen LogP contribution in [0.15, 0.2) is 67.4 Å². The van der Waals surface area contributed by atoms with Crippen LogP contribution in [0.4, 0.5) is 15.9 Å². The number of anilines is 2. The van der Waals surface area contributed by atoms with E-state index < -0.39 is 17.4 Å². The Hall–Kier alpha value is -6.67. The summed E-state index contributed by atoms with van der Waals surface area (Å²) in [6, 6.07) is 13.1. The first-order valence-electron chi connectivity index (χ1n) is 24.2. The van der Waals surface area contributed by atoms with Crippen molar-refractivity contribution in [2.45, 2.75) is 103 Å². The third-order valence-electron chi connectivity index (χ3n) is 14.8. The topological polar surface area (TPSA) is 186 Å². The number of aromatic nitrogens is 5. The maximum atomic E-state index is 15.3. The second-order valence-corrected chi connectivity index (χ2v) is 19.7. The summed E-state index contributed by atoms with van der Waals surface area (Å²) in [4.78, 5) is 61.8. The quantitative estimate of drug-likeness (QED) is 0.119. The number of nitrogens with zero attached hydrogens (tertiary/aromatic N) is 9. The first kappa shape index (κ1) is 46.4. The van der Waals surface area contributed by atoms with Crippen LogP contribution in [-0.2, 0) is 19.2 Å². The van der Waals surface area contributed by atoms with Crippen molar-refractivity contribution in [3.8, 4) is 28.3 Å². The Bertz CT molecular complexity index is 2720. The number of nitrogens with one attached hydrogen (secondary N) is 3. The number of likely N-dealkylation sites (tertiary alicyclic amines) is 2. The minimum atomic E-state index is -0.575. The van der Waals surface area contributed by atoms with Crippen molar-refractivity contribution < 1.29 is 23.6 Å². The Balaban J connectivity index is 0.792. The van der Waals surface area contributed by atoms with Crippen molar-refractivity contribution in [3.63, 3.8) is 0 Å². The van der Waals surface area contributed by atoms with E-state index in [4.69, 9.17) is 10.1 Å². The molecule has 4 aliphatic rings. The standard InChI is InChI=1S/C51H61FN12O4/c1-32(2)51(50(68)57-33(3)4)15-21-61(22-16-51)45-9-5-35(26-54-45)42-23-36(29-64-48(42)37(25-53)27-56-64)38-28-55-63(30-38)40-13-19-62(20-14-40)47(66)31-60-17-11-34(12-18-60)41-7-6-39(24-43(41)52)58-44-8-10-46(65)59-49(44)67/h5-7,9,23-24,26-30,32-34,40,44,58H,8,10-22,31H2,1-4H3,(H,57,68)(H,59,65,67). The monoisotopic (exact) mass is 924 g/mol. The van der Waals surface area contributed by atoms with Gasteiger partial charge in [-0.05, 0) is 120 Å². The average Bonchev–Trinajstić information content (AvgIpc) is 4.01. The second-order valence-electron chi connectivity index (χ2n) is 19.7. The number of carbonyl (C=O) groups is 4. The van der Waals surface area contributed by atoms with Gasteiger partial charge in [0, 0.05) is 85.2 Å². The molecule has 1 unspecified atom stereocenters. The van der Waals surface area contributed by atoms with Gasteiger partial charge in [0.2, 0.25) is 23.6 Å². The van der Waals surface area contributed by atoms with Crippen LogP contribution in [0.3, 0.4) is 0 Å². The van der Waals surface area contributed by atoms with Crippen molar-refractivity contribution >= 4 is 40.7 Å². The summed E-state index contributed by atoms with van der Waals surface area (Å²) >= 11 is 0. The molecule has 4 amide bonds. The number of amides is 4. The molecule has 0 radical (unpaired) electrons. The lowest BCUT2D eigenvalue weighted by Gasteiger charge is -2.44. The molecule has 0 bridgehead atoms. The zero-order chi connectivity index (χ0) is 47.7. The molecule has 4 fully saturated rings. The van der Waals surface area contributed by atoms with Gasteiger partial charge in [-0.25, -0.2) is 13.9 Å². The van der Waals surface area contributed by atoms with Gasteiger partial charge in [0.15, 0.2) is 0 Å². The summed E-state index contributed by atoms with van der Waals surface area (Å²) in [5.74, 6) is 0.345. The Kier molecular flexibility index (Phi) is 13.3. The Morgan fingerprint density at radius 2 is 1.65 bits per heavy atom. The van der Waals surface area contributed by atoms with Crippen LogP contribution in [0, 0.1) is 28.5 Å². The zero-order valence-electron chi connectivity index (χ0n) is 39.4. The molecule has 68 heavy (non-hydrogen) atoms. The molecule has 356 valence electrons. The van der Waals surface area contributed by atoms with E-state index in [2.05, 4.69) is 56.8 Å². The molecule has 8 heterocycles. The number of hydrogen-bond acceptors (Lipinski definition) is 11. The van der Waals surface area contributed by atoms with Crippen LogP contribution in [-0.4, -0.2) is 116 Å². The molecule has 4 aromatic heterocycles. The van der Waals surface area contributed by atoms with E-state index in [1.165, 1.54) is 6.07 Å². The van der Waals surface area contributed by atoms with Gasteiger partial charge in [0.25, 0.3) is 0 Å². The van der Waals surface area contributed by atoms with E-state index in [-0.39, 0.29) is 53.9 Å². The van der Waals surface area contributed by atoms with Gasteiger partial charge in [0.1, 0.15) is 23.7 Å². The molecule has 4 aliphatic heterocycles. The Morgan fingerprint density at radius 3 is 2.31 bits per heavy atom. The highest BCUT2D eigenvalue weighted by molar-refractivity contribution is 6.01. The maximum Gasteiger partial charge on any atom is 0.249 e. The number of halogens is 1. The maximum absolute atomic E-state index is 15.3. The molecule has 4 saturated heterocycles. The fraction of sp³-hybridized carbons (Fsp3) is 0.490. The molecule has 5 aromatic rings. The summed E-state index contributed by atoms with van der Waals surface area (Å²) in [6.45, 7) is 12.7. The van der Waals surface area contributed by atoms with Gasteiger partial charge in [-0.1, -0.05) is 19.9 Å². The van der Waals surface area contributed by atoms with Crippen LogP contribution in [0.5, 0.6) is 0 Å². The van der Waals surface area contributed by atoms with Crippen LogP contribution in [0.1, 0.15) is 102 Å². The Morgan fingerprint density at radius 1 is 0.882 bits per heavy atom. The predicted octanol–water partition coefficient (Wildman–Crippen LogP) is 6.30. The number of benzene rings is 1. The van der Waals surface area contributed by atoms with Gasteiger partial charge in [-0.2, -0.15) is 15.5 Å². The number of fused-ring (bicyclic) bond motifs is 1. The summed E-state index contributed by atoms with van der Waals surface area (Å²) in [5, 5.41) is 27.9. The van der Waals surface area contributed by atoms with Gasteiger partial charge in [-0.15, -0.1) is 0 Å². The van der Waals surface area contributed by atoms with Crippen LogP contribution >= 0.6 is 0 Å². The third kappa shape index (κ3) is 9.56. The predicted molar refractivity (Wildman–Crippen MR) is 256 cm³/mol. The molecular weight excluding hydrogens is 864 g/mol. The van der Waals surface area contributed by atoms with E-state index >= 15 is 4.39 Å². The fourth-order valence-electron chi connectivity index (χ4n) is 10.7. The van der Waals surface area contributed by atoms with Crippen LogP contribution in [0.2, 0.25) is 0 Å². The lowest BCUT2D eigenvalue weighted by molar-refractivity contribution is -0.136. The fourth-order valence-corrected chi connectivity index (χ4v) is 10.7. The number of rotatable bonds is 12. The van der Waals surface area contributed by atoms with Gasteiger partial charge in [-0.3, -0.25) is 34.1 Å². The molecule has 9 rings (SSSR count). The van der Waals surface area contributed by atoms with Gasteiger partial charge < -0.3 is 20.4 Å². The molecular formula is C51H61FN12O4. The first-order chi connectivity index (χ1) is 32.8. The minimum Gasteiger partial charge on any atom is -0.374 e. The first-order valence-corrected chi connectivity index (χ1v) is 24.2. The van der Waals surface area contributed by atoms with Crippen molar-refractivity contribution in [1.29, 1.82) is 5.26 Å². The molecule has 0 saturated carbocycles. The number of nitriles is 1. The molecule has 16 nitrogen and oxygen atoms in total.